The van der Waals surface area contributed by atoms with Gasteiger partial charge in [-0.2, -0.15) is 0 Å². The molecule has 1 saturated heterocycles. The molecule has 0 aromatic heterocycles. The first-order chi connectivity index (χ1) is 9.16. The van der Waals surface area contributed by atoms with Gasteiger partial charge in [-0.15, -0.1) is 0 Å². The highest BCUT2D eigenvalue weighted by atomic mass is 16.2. The third-order valence-electron chi connectivity index (χ3n) is 5.85. The second-order valence-electron chi connectivity index (χ2n) is 6.96. The van der Waals surface area contributed by atoms with Crippen LogP contribution in [0.15, 0.2) is 12.2 Å². The molecule has 2 bridgehead atoms. The number of allylic oxidation sites excluding steroid dienone is 2. The molecule has 3 fully saturated rings. The van der Waals surface area contributed by atoms with Crippen LogP contribution in [0.4, 0.5) is 0 Å². The summed E-state index contributed by atoms with van der Waals surface area (Å²) >= 11 is 0. The topological polar surface area (TPSA) is 37.4 Å². The van der Waals surface area contributed by atoms with Crippen molar-refractivity contribution >= 4 is 11.8 Å². The molecule has 4 atom stereocenters. The summed E-state index contributed by atoms with van der Waals surface area (Å²) in [4.78, 5) is 27.0. The molecule has 2 saturated carbocycles. The molecule has 0 N–H and O–H groups in total. The van der Waals surface area contributed by atoms with E-state index in [2.05, 4.69) is 19.1 Å². The fraction of sp³-hybridized carbons (Fsp3) is 0.750. The number of hydrogen-bond donors (Lipinski definition) is 0. The molecule has 0 aromatic carbocycles. The van der Waals surface area contributed by atoms with Gasteiger partial charge in [0, 0.05) is 6.04 Å². The average molecular weight is 259 g/mol. The van der Waals surface area contributed by atoms with E-state index >= 15 is 0 Å². The summed E-state index contributed by atoms with van der Waals surface area (Å²) in [6.07, 6.45) is 9.71. The molecule has 0 radical (unpaired) electrons. The van der Waals surface area contributed by atoms with E-state index in [1.54, 1.807) is 4.90 Å². The van der Waals surface area contributed by atoms with Crippen molar-refractivity contribution in [3.63, 3.8) is 0 Å². The van der Waals surface area contributed by atoms with Gasteiger partial charge in [0.15, 0.2) is 0 Å². The Hall–Kier alpha value is -1.12. The maximum atomic E-state index is 12.6. The van der Waals surface area contributed by atoms with Crippen LogP contribution in [0.2, 0.25) is 0 Å². The summed E-state index contributed by atoms with van der Waals surface area (Å²) in [5, 5.41) is 0. The summed E-state index contributed by atoms with van der Waals surface area (Å²) in [7, 11) is 0. The summed E-state index contributed by atoms with van der Waals surface area (Å²) in [6, 6.07) is 0.196. The summed E-state index contributed by atoms with van der Waals surface area (Å²) in [5.41, 5.74) is 0. The zero-order chi connectivity index (χ0) is 13.1. The van der Waals surface area contributed by atoms with Gasteiger partial charge in [0.25, 0.3) is 0 Å². The van der Waals surface area contributed by atoms with Crippen molar-refractivity contribution in [2.45, 2.75) is 45.1 Å². The van der Waals surface area contributed by atoms with E-state index in [9.17, 15) is 9.59 Å². The van der Waals surface area contributed by atoms with Gasteiger partial charge in [-0.05, 0) is 49.9 Å². The summed E-state index contributed by atoms with van der Waals surface area (Å²) < 4.78 is 0. The number of carbonyl (C=O) groups is 2. The fourth-order valence-electron chi connectivity index (χ4n) is 4.79. The quantitative estimate of drug-likeness (QED) is 0.535. The van der Waals surface area contributed by atoms with E-state index in [-0.39, 0.29) is 29.7 Å². The lowest BCUT2D eigenvalue weighted by atomic mass is 9.85. The highest BCUT2D eigenvalue weighted by molar-refractivity contribution is 6.06. The first kappa shape index (κ1) is 11.7. The van der Waals surface area contributed by atoms with Crippen LogP contribution in [0, 0.1) is 29.6 Å². The Balaban J connectivity index is 1.59. The largest absolute Gasteiger partial charge is 0.279 e. The third-order valence-corrected chi connectivity index (χ3v) is 5.85. The number of fused-ring (bicyclic) bond motifs is 5. The van der Waals surface area contributed by atoms with E-state index in [0.717, 1.165) is 38.0 Å². The van der Waals surface area contributed by atoms with Crippen LogP contribution >= 0.6 is 0 Å². The molecule has 4 rings (SSSR count). The second-order valence-corrected chi connectivity index (χ2v) is 6.96. The minimum atomic E-state index is -0.0122. The maximum Gasteiger partial charge on any atom is 0.233 e. The third kappa shape index (κ3) is 1.50. The predicted molar refractivity (Wildman–Crippen MR) is 71.0 cm³/mol. The molecule has 3 aliphatic carbocycles. The van der Waals surface area contributed by atoms with Crippen LogP contribution in [0.3, 0.4) is 0 Å². The van der Waals surface area contributed by atoms with E-state index < -0.39 is 0 Å². The fourth-order valence-corrected chi connectivity index (χ4v) is 4.79. The number of imide groups is 1. The van der Waals surface area contributed by atoms with Gasteiger partial charge in [0.2, 0.25) is 11.8 Å². The number of carbonyl (C=O) groups excluding carboxylic acids is 2. The first-order valence-electron chi connectivity index (χ1n) is 7.72. The van der Waals surface area contributed by atoms with Crippen LogP contribution in [0.5, 0.6) is 0 Å². The molecule has 0 aromatic rings. The van der Waals surface area contributed by atoms with Gasteiger partial charge < -0.3 is 0 Å². The molecular formula is C16H21NO2. The van der Waals surface area contributed by atoms with Crippen molar-refractivity contribution in [1.82, 2.24) is 4.90 Å². The highest BCUT2D eigenvalue weighted by Crippen LogP contribution is 2.53. The Kier molecular flexibility index (Phi) is 2.42. The van der Waals surface area contributed by atoms with Crippen LogP contribution in [0.25, 0.3) is 0 Å². The molecule has 4 unspecified atom stereocenters. The number of amides is 2. The van der Waals surface area contributed by atoms with Crippen molar-refractivity contribution in [3.05, 3.63) is 12.2 Å². The Morgan fingerprint density at radius 1 is 0.947 bits per heavy atom. The smallest absolute Gasteiger partial charge is 0.233 e. The lowest BCUT2D eigenvalue weighted by Gasteiger charge is -2.33. The van der Waals surface area contributed by atoms with Gasteiger partial charge >= 0.3 is 0 Å². The maximum absolute atomic E-state index is 12.6. The summed E-state index contributed by atoms with van der Waals surface area (Å²) in [5.74, 6) is 1.71. The minimum Gasteiger partial charge on any atom is -0.279 e. The molecule has 1 aliphatic heterocycles. The van der Waals surface area contributed by atoms with Crippen molar-refractivity contribution in [3.8, 4) is 0 Å². The van der Waals surface area contributed by atoms with E-state index in [4.69, 9.17) is 0 Å². The molecule has 2 amide bonds. The van der Waals surface area contributed by atoms with E-state index in [1.165, 1.54) is 0 Å². The van der Waals surface area contributed by atoms with Gasteiger partial charge in [-0.3, -0.25) is 14.5 Å². The number of likely N-dealkylation sites (tertiary alicyclic amines) is 1. The molecule has 19 heavy (non-hydrogen) atoms. The monoisotopic (exact) mass is 259 g/mol. The molecule has 0 spiro atoms. The summed E-state index contributed by atoms with van der Waals surface area (Å²) in [6.45, 7) is 2.27. The molecule has 1 heterocycles. The zero-order valence-electron chi connectivity index (χ0n) is 11.4. The van der Waals surface area contributed by atoms with Crippen molar-refractivity contribution in [1.29, 1.82) is 0 Å². The average Bonchev–Trinajstić information content (AvgIpc) is 3.06. The van der Waals surface area contributed by atoms with Gasteiger partial charge in [-0.25, -0.2) is 0 Å². The normalized spacial score (nSPS) is 48.2. The van der Waals surface area contributed by atoms with Gasteiger partial charge in [0.05, 0.1) is 11.8 Å². The van der Waals surface area contributed by atoms with E-state index in [0.29, 0.717) is 11.8 Å². The molecule has 3 heteroatoms. The lowest BCUT2D eigenvalue weighted by Crippen LogP contribution is -2.43. The Morgan fingerprint density at radius 2 is 1.47 bits per heavy atom. The Bertz CT molecular complexity index is 431. The Morgan fingerprint density at radius 3 is 2.00 bits per heavy atom. The second kappa shape index (κ2) is 3.94. The van der Waals surface area contributed by atoms with E-state index in [1.807, 2.05) is 0 Å². The number of rotatable bonds is 1. The van der Waals surface area contributed by atoms with Crippen molar-refractivity contribution < 1.29 is 9.59 Å². The molecular weight excluding hydrogens is 238 g/mol. The van der Waals surface area contributed by atoms with Gasteiger partial charge in [-0.1, -0.05) is 19.1 Å². The first-order valence-corrected chi connectivity index (χ1v) is 7.72. The van der Waals surface area contributed by atoms with Crippen LogP contribution in [-0.4, -0.2) is 22.8 Å². The number of hydrogen-bond acceptors (Lipinski definition) is 2. The lowest BCUT2D eigenvalue weighted by molar-refractivity contribution is -0.144. The Labute approximate surface area is 114 Å². The molecule has 102 valence electrons. The predicted octanol–water partition coefficient (Wildman–Crippen LogP) is 2.37. The zero-order valence-corrected chi connectivity index (χ0v) is 11.4. The SMILES string of the molecule is CC1CCC(N2C(=O)C3C4C=CC(C4)C3C2=O)CC1. The number of nitrogens with zero attached hydrogens (tertiary/aromatic N) is 1. The van der Waals surface area contributed by atoms with Gasteiger partial charge in [0.1, 0.15) is 0 Å². The van der Waals surface area contributed by atoms with Crippen LogP contribution in [-0.2, 0) is 9.59 Å². The van der Waals surface area contributed by atoms with Crippen molar-refractivity contribution in [2.75, 3.05) is 0 Å². The molecule has 3 nitrogen and oxygen atoms in total. The highest BCUT2D eigenvalue weighted by Gasteiger charge is 2.60. The minimum absolute atomic E-state index is 0.0122. The standard InChI is InChI=1S/C16H21NO2/c1-9-2-6-12(7-3-9)17-15(18)13-10-4-5-11(8-10)14(13)16(17)19/h4-5,9-14H,2-3,6-8H2,1H3. The van der Waals surface area contributed by atoms with Crippen LogP contribution in [0.1, 0.15) is 39.0 Å². The van der Waals surface area contributed by atoms with Crippen LogP contribution < -0.4 is 0 Å². The molecule has 4 aliphatic rings. The van der Waals surface area contributed by atoms with Crippen molar-refractivity contribution in [2.24, 2.45) is 29.6 Å².